The van der Waals surface area contributed by atoms with Crippen molar-refractivity contribution in [3.8, 4) is 5.13 Å². The lowest BCUT2D eigenvalue weighted by Gasteiger charge is -2.06. The molecule has 0 fully saturated rings. The Morgan fingerprint density at radius 2 is 2.15 bits per heavy atom. The number of aromatic nitrogens is 4. The zero-order valence-electron chi connectivity index (χ0n) is 11.2. The number of sulfone groups is 1. The molecule has 0 aliphatic heterocycles. The van der Waals surface area contributed by atoms with Crippen LogP contribution in [0.5, 0.6) is 0 Å². The largest absolute Gasteiger partial charge is 0.228 e. The molecule has 3 rings (SSSR count). The van der Waals surface area contributed by atoms with E-state index in [-0.39, 0.29) is 11.5 Å². The second-order valence-corrected chi connectivity index (χ2v) is 8.32. The normalized spacial score (nSPS) is 15.2. The SMILES string of the molecule is CCS(=O)(=O)Cc1cn(-c2nc3c(s2)CCCC3)nn1. The van der Waals surface area contributed by atoms with Crippen LogP contribution in [0.4, 0.5) is 0 Å². The number of rotatable bonds is 4. The molecule has 2 heterocycles. The summed E-state index contributed by atoms with van der Waals surface area (Å²) in [4.78, 5) is 5.90. The Labute approximate surface area is 121 Å². The van der Waals surface area contributed by atoms with Crippen molar-refractivity contribution in [2.45, 2.75) is 38.4 Å². The molecule has 8 heteroatoms. The van der Waals surface area contributed by atoms with Gasteiger partial charge in [0, 0.05) is 10.6 Å². The zero-order valence-corrected chi connectivity index (χ0v) is 12.9. The Hall–Kier alpha value is -1.28. The molecule has 0 radical (unpaired) electrons. The first-order chi connectivity index (χ1) is 9.57. The van der Waals surface area contributed by atoms with E-state index >= 15 is 0 Å². The van der Waals surface area contributed by atoms with Crippen LogP contribution >= 0.6 is 11.3 Å². The van der Waals surface area contributed by atoms with Gasteiger partial charge in [-0.15, -0.1) is 5.10 Å². The molecule has 6 nitrogen and oxygen atoms in total. The van der Waals surface area contributed by atoms with E-state index in [9.17, 15) is 8.42 Å². The van der Waals surface area contributed by atoms with Crippen LogP contribution < -0.4 is 0 Å². The maximum absolute atomic E-state index is 11.6. The summed E-state index contributed by atoms with van der Waals surface area (Å²) >= 11 is 1.63. The lowest BCUT2D eigenvalue weighted by atomic mass is 10.0. The van der Waals surface area contributed by atoms with Crippen molar-refractivity contribution in [2.75, 3.05) is 5.75 Å². The minimum Gasteiger partial charge on any atom is -0.228 e. The van der Waals surface area contributed by atoms with Crippen LogP contribution in [0.2, 0.25) is 0 Å². The van der Waals surface area contributed by atoms with Gasteiger partial charge in [-0.05, 0) is 25.7 Å². The summed E-state index contributed by atoms with van der Waals surface area (Å²) in [6.45, 7) is 1.63. The number of fused-ring (bicyclic) bond motifs is 1. The number of nitrogens with zero attached hydrogens (tertiary/aromatic N) is 4. The molecule has 1 aliphatic carbocycles. The highest BCUT2D eigenvalue weighted by Gasteiger charge is 2.18. The van der Waals surface area contributed by atoms with Gasteiger partial charge in [0.1, 0.15) is 0 Å². The lowest BCUT2D eigenvalue weighted by molar-refractivity contribution is 0.595. The van der Waals surface area contributed by atoms with Crippen molar-refractivity contribution in [3.05, 3.63) is 22.5 Å². The number of aryl methyl sites for hydroxylation is 2. The van der Waals surface area contributed by atoms with Crippen molar-refractivity contribution in [3.63, 3.8) is 0 Å². The lowest BCUT2D eigenvalue weighted by Crippen LogP contribution is -2.06. The molecule has 0 aromatic carbocycles. The molecule has 0 spiro atoms. The molecule has 0 saturated heterocycles. The Balaban J connectivity index is 1.85. The van der Waals surface area contributed by atoms with Crippen molar-refractivity contribution in [2.24, 2.45) is 0 Å². The first-order valence-corrected chi connectivity index (χ1v) is 9.32. The molecule has 108 valence electrons. The Morgan fingerprint density at radius 1 is 1.35 bits per heavy atom. The molecule has 2 aromatic rings. The van der Waals surface area contributed by atoms with Gasteiger partial charge in [0.15, 0.2) is 9.84 Å². The molecular weight excluding hydrogens is 296 g/mol. The van der Waals surface area contributed by atoms with Crippen LogP contribution in [0.3, 0.4) is 0 Å². The first kappa shape index (κ1) is 13.7. The van der Waals surface area contributed by atoms with E-state index in [2.05, 4.69) is 15.3 Å². The monoisotopic (exact) mass is 312 g/mol. The van der Waals surface area contributed by atoms with Crippen molar-refractivity contribution >= 4 is 21.2 Å². The molecule has 0 bridgehead atoms. The van der Waals surface area contributed by atoms with Gasteiger partial charge in [-0.25, -0.2) is 13.4 Å². The predicted molar refractivity (Wildman–Crippen MR) is 76.8 cm³/mol. The van der Waals surface area contributed by atoms with Gasteiger partial charge in [-0.2, -0.15) is 4.68 Å². The maximum atomic E-state index is 11.6. The fourth-order valence-electron chi connectivity index (χ4n) is 2.22. The number of thiazole rings is 1. The van der Waals surface area contributed by atoms with Crippen LogP contribution in [0.1, 0.15) is 36.0 Å². The minimum absolute atomic E-state index is 0.0609. The second-order valence-electron chi connectivity index (χ2n) is 4.90. The summed E-state index contributed by atoms with van der Waals surface area (Å²) in [5.41, 5.74) is 1.63. The van der Waals surface area contributed by atoms with Crippen LogP contribution in [-0.4, -0.2) is 34.1 Å². The standard InChI is InChI=1S/C12H16N4O2S2/c1-2-20(17,18)8-9-7-16(15-14-9)12-13-10-5-3-4-6-11(10)19-12/h7H,2-6,8H2,1H3. The van der Waals surface area contributed by atoms with Crippen molar-refractivity contribution in [1.29, 1.82) is 0 Å². The van der Waals surface area contributed by atoms with Crippen LogP contribution in [0, 0.1) is 0 Å². The topological polar surface area (TPSA) is 77.7 Å². The fraction of sp³-hybridized carbons (Fsp3) is 0.583. The van der Waals surface area contributed by atoms with E-state index < -0.39 is 9.84 Å². The van der Waals surface area contributed by atoms with Gasteiger partial charge in [-0.1, -0.05) is 23.5 Å². The average molecular weight is 312 g/mol. The van der Waals surface area contributed by atoms with Gasteiger partial charge in [0.05, 0.1) is 23.3 Å². The Morgan fingerprint density at radius 3 is 2.90 bits per heavy atom. The molecule has 0 unspecified atom stereocenters. The molecule has 0 amide bonds. The van der Waals surface area contributed by atoms with E-state index in [0.29, 0.717) is 5.69 Å². The predicted octanol–water partition coefficient (Wildman–Crippen LogP) is 1.54. The van der Waals surface area contributed by atoms with E-state index in [4.69, 9.17) is 0 Å². The molecule has 2 aromatic heterocycles. The average Bonchev–Trinajstić information content (AvgIpc) is 3.04. The highest BCUT2D eigenvalue weighted by molar-refractivity contribution is 7.90. The quantitative estimate of drug-likeness (QED) is 0.855. The van der Waals surface area contributed by atoms with E-state index in [1.54, 1.807) is 29.1 Å². The van der Waals surface area contributed by atoms with E-state index in [1.165, 1.54) is 17.7 Å². The zero-order chi connectivity index (χ0) is 14.2. The fourth-order valence-corrected chi connectivity index (χ4v) is 4.08. The highest BCUT2D eigenvalue weighted by Crippen LogP contribution is 2.28. The number of hydrogen-bond acceptors (Lipinski definition) is 6. The summed E-state index contributed by atoms with van der Waals surface area (Å²) < 4.78 is 24.8. The molecule has 1 aliphatic rings. The smallest absolute Gasteiger partial charge is 0.212 e. The highest BCUT2D eigenvalue weighted by atomic mass is 32.2. The first-order valence-electron chi connectivity index (χ1n) is 6.68. The van der Waals surface area contributed by atoms with Crippen molar-refractivity contribution < 1.29 is 8.42 Å². The van der Waals surface area contributed by atoms with Gasteiger partial charge in [0.25, 0.3) is 0 Å². The van der Waals surface area contributed by atoms with E-state index in [0.717, 1.165) is 23.7 Å². The minimum atomic E-state index is -3.08. The molecule has 0 atom stereocenters. The third kappa shape index (κ3) is 2.76. The third-order valence-electron chi connectivity index (χ3n) is 3.38. The van der Waals surface area contributed by atoms with Crippen LogP contribution in [0.15, 0.2) is 6.20 Å². The van der Waals surface area contributed by atoms with Gasteiger partial charge in [0.2, 0.25) is 5.13 Å². The third-order valence-corrected chi connectivity index (χ3v) is 6.14. The summed E-state index contributed by atoms with van der Waals surface area (Å²) in [6.07, 6.45) is 6.17. The molecule has 0 saturated carbocycles. The Kier molecular flexibility index (Phi) is 3.59. The van der Waals surface area contributed by atoms with E-state index in [1.807, 2.05) is 0 Å². The summed E-state index contributed by atoms with van der Waals surface area (Å²) in [5.74, 6) is 0.0556. The Bertz CT molecular complexity index is 694. The molecular formula is C12H16N4O2S2. The summed E-state index contributed by atoms with van der Waals surface area (Å²) in [5, 5.41) is 8.71. The number of hydrogen-bond donors (Lipinski definition) is 0. The van der Waals surface area contributed by atoms with Crippen LogP contribution in [0.25, 0.3) is 5.13 Å². The van der Waals surface area contributed by atoms with Gasteiger partial charge >= 0.3 is 0 Å². The second kappa shape index (κ2) is 5.25. The molecule has 20 heavy (non-hydrogen) atoms. The summed E-state index contributed by atoms with van der Waals surface area (Å²) in [7, 11) is -3.08. The maximum Gasteiger partial charge on any atom is 0.212 e. The van der Waals surface area contributed by atoms with Gasteiger partial charge in [-0.3, -0.25) is 0 Å². The summed E-state index contributed by atoms with van der Waals surface area (Å²) in [6, 6.07) is 0. The van der Waals surface area contributed by atoms with Crippen molar-refractivity contribution in [1.82, 2.24) is 20.0 Å². The van der Waals surface area contributed by atoms with Crippen LogP contribution in [-0.2, 0) is 28.4 Å². The molecule has 0 N–H and O–H groups in total. The van der Waals surface area contributed by atoms with Gasteiger partial charge < -0.3 is 0 Å².